The fourth-order valence-corrected chi connectivity index (χ4v) is 3.50. The van der Waals surface area contributed by atoms with Crippen molar-refractivity contribution < 1.29 is 14.6 Å². The minimum Gasteiger partial charge on any atom is -0.491 e. The highest BCUT2D eigenvalue weighted by molar-refractivity contribution is 5.27. The summed E-state index contributed by atoms with van der Waals surface area (Å²) in [5.74, 6) is 0.791. The third kappa shape index (κ3) is 3.15. The first-order valence-corrected chi connectivity index (χ1v) is 8.39. The summed E-state index contributed by atoms with van der Waals surface area (Å²) in [6.45, 7) is 3.81. The Morgan fingerprint density at radius 2 is 2.17 bits per heavy atom. The molecule has 1 aromatic heterocycles. The summed E-state index contributed by atoms with van der Waals surface area (Å²) < 4.78 is 13.4. The average Bonchev–Trinajstić information content (AvgIpc) is 3.10. The zero-order valence-corrected chi connectivity index (χ0v) is 13.5. The summed E-state index contributed by atoms with van der Waals surface area (Å²) in [6, 6.07) is 8.32. The number of aliphatic hydroxyl groups is 1. The molecule has 2 atom stereocenters. The Kier molecular flexibility index (Phi) is 4.46. The Labute approximate surface area is 140 Å². The smallest absolute Gasteiger partial charge is 0.119 e. The molecule has 2 aliphatic rings. The van der Waals surface area contributed by atoms with Crippen molar-refractivity contribution in [3.63, 3.8) is 0 Å². The Morgan fingerprint density at radius 1 is 1.29 bits per heavy atom. The van der Waals surface area contributed by atoms with Crippen LogP contribution in [0.15, 0.2) is 30.5 Å². The van der Waals surface area contributed by atoms with Crippen LogP contribution in [-0.4, -0.2) is 57.4 Å². The summed E-state index contributed by atoms with van der Waals surface area (Å²) in [7, 11) is 0. The number of aliphatic hydroxyl groups excluding tert-OH is 1. The lowest BCUT2D eigenvalue weighted by atomic mass is 10.00. The van der Waals surface area contributed by atoms with Crippen LogP contribution < -0.4 is 4.74 Å². The van der Waals surface area contributed by atoms with E-state index in [1.807, 2.05) is 16.8 Å². The van der Waals surface area contributed by atoms with Crippen LogP contribution in [0, 0.1) is 0 Å². The van der Waals surface area contributed by atoms with Gasteiger partial charge in [0.1, 0.15) is 12.4 Å². The maximum absolute atomic E-state index is 8.79. The van der Waals surface area contributed by atoms with E-state index >= 15 is 0 Å². The van der Waals surface area contributed by atoms with Gasteiger partial charge in [-0.2, -0.15) is 0 Å². The van der Waals surface area contributed by atoms with Crippen LogP contribution in [-0.2, 0) is 17.9 Å². The first kappa shape index (κ1) is 15.6. The van der Waals surface area contributed by atoms with E-state index in [2.05, 4.69) is 27.3 Å². The molecule has 0 amide bonds. The molecule has 7 nitrogen and oxygen atoms in total. The fraction of sp³-hybridized carbons (Fsp3) is 0.529. The molecule has 2 aromatic rings. The molecule has 4 rings (SSSR count). The van der Waals surface area contributed by atoms with Gasteiger partial charge in [-0.25, -0.2) is 4.68 Å². The van der Waals surface area contributed by atoms with E-state index in [-0.39, 0.29) is 18.8 Å². The largest absolute Gasteiger partial charge is 0.491 e. The van der Waals surface area contributed by atoms with E-state index in [9.17, 15) is 0 Å². The Balaban J connectivity index is 1.40. The number of nitrogens with zero attached hydrogens (tertiary/aromatic N) is 4. The second kappa shape index (κ2) is 6.88. The molecule has 1 aromatic carbocycles. The van der Waals surface area contributed by atoms with Crippen LogP contribution in [0.25, 0.3) is 0 Å². The monoisotopic (exact) mass is 330 g/mol. The second-order valence-electron chi connectivity index (χ2n) is 6.33. The second-order valence-corrected chi connectivity index (χ2v) is 6.33. The van der Waals surface area contributed by atoms with Gasteiger partial charge in [0.05, 0.1) is 37.3 Å². The summed E-state index contributed by atoms with van der Waals surface area (Å²) in [5.41, 5.74) is 2.31. The third-order valence-electron chi connectivity index (χ3n) is 4.70. The third-order valence-corrected chi connectivity index (χ3v) is 4.70. The van der Waals surface area contributed by atoms with Gasteiger partial charge in [-0.1, -0.05) is 17.3 Å². The normalized spacial score (nSPS) is 23.5. The number of benzene rings is 1. The molecule has 1 N–H and O–H groups in total. The number of ether oxygens (including phenoxy) is 2. The molecule has 0 bridgehead atoms. The highest BCUT2D eigenvalue weighted by Crippen LogP contribution is 2.30. The summed E-state index contributed by atoms with van der Waals surface area (Å²) in [5, 5.41) is 17.1. The van der Waals surface area contributed by atoms with Crippen molar-refractivity contribution in [1.29, 1.82) is 0 Å². The molecule has 2 aliphatic heterocycles. The van der Waals surface area contributed by atoms with Crippen molar-refractivity contribution in [3.8, 4) is 5.75 Å². The SMILES string of the molecule is OCCOc1ccc(CN2CC[C@H]3OCc4cnnn4[C@@H]3C2)cc1. The highest BCUT2D eigenvalue weighted by Gasteiger charge is 2.36. The van der Waals surface area contributed by atoms with E-state index in [4.69, 9.17) is 14.6 Å². The van der Waals surface area contributed by atoms with E-state index < -0.39 is 0 Å². The maximum Gasteiger partial charge on any atom is 0.119 e. The number of fused-ring (bicyclic) bond motifs is 3. The molecule has 7 heteroatoms. The molecule has 0 unspecified atom stereocenters. The van der Waals surface area contributed by atoms with Gasteiger partial charge in [-0.15, -0.1) is 5.10 Å². The van der Waals surface area contributed by atoms with Crippen LogP contribution in [0.1, 0.15) is 23.7 Å². The molecule has 0 spiro atoms. The van der Waals surface area contributed by atoms with Gasteiger partial charge < -0.3 is 14.6 Å². The highest BCUT2D eigenvalue weighted by atomic mass is 16.5. The van der Waals surface area contributed by atoms with Crippen LogP contribution in [0.2, 0.25) is 0 Å². The molecule has 1 saturated heterocycles. The van der Waals surface area contributed by atoms with E-state index in [1.165, 1.54) is 5.56 Å². The Bertz CT molecular complexity index is 673. The summed E-state index contributed by atoms with van der Waals surface area (Å²) in [4.78, 5) is 2.44. The van der Waals surface area contributed by atoms with E-state index in [1.54, 1.807) is 6.20 Å². The van der Waals surface area contributed by atoms with Crippen molar-refractivity contribution in [2.24, 2.45) is 0 Å². The number of aromatic nitrogens is 3. The first-order valence-electron chi connectivity index (χ1n) is 8.39. The Hall–Kier alpha value is -1.96. The minimum absolute atomic E-state index is 0.0322. The standard InChI is InChI=1S/C17H22N4O3/c22-7-8-23-15-3-1-13(2-4-15)10-20-6-5-17-16(11-20)21-14(12-24-17)9-18-19-21/h1-4,9,16-17,22H,5-8,10-12H2/t16-,17-/m1/s1. The average molecular weight is 330 g/mol. The molecule has 128 valence electrons. The predicted molar refractivity (Wildman–Crippen MR) is 86.6 cm³/mol. The summed E-state index contributed by atoms with van der Waals surface area (Å²) in [6.07, 6.45) is 3.05. The molecule has 0 aliphatic carbocycles. The lowest BCUT2D eigenvalue weighted by molar-refractivity contribution is -0.0669. The van der Waals surface area contributed by atoms with Crippen LogP contribution in [0.4, 0.5) is 0 Å². The van der Waals surface area contributed by atoms with Gasteiger partial charge >= 0.3 is 0 Å². The van der Waals surface area contributed by atoms with Crippen LogP contribution in [0.3, 0.4) is 0 Å². The summed E-state index contributed by atoms with van der Waals surface area (Å²) >= 11 is 0. The Morgan fingerprint density at radius 3 is 3.00 bits per heavy atom. The minimum atomic E-state index is 0.0322. The lowest BCUT2D eigenvalue weighted by Gasteiger charge is -2.41. The van der Waals surface area contributed by atoms with Crippen LogP contribution >= 0.6 is 0 Å². The van der Waals surface area contributed by atoms with Gasteiger partial charge in [0, 0.05) is 19.6 Å². The van der Waals surface area contributed by atoms with Crippen LogP contribution in [0.5, 0.6) is 5.75 Å². The van der Waals surface area contributed by atoms with Gasteiger partial charge in [-0.3, -0.25) is 4.90 Å². The zero-order chi connectivity index (χ0) is 16.4. The molecule has 1 fully saturated rings. The van der Waals surface area contributed by atoms with Gasteiger partial charge in [-0.05, 0) is 24.1 Å². The first-order chi connectivity index (χ1) is 11.8. The molecule has 24 heavy (non-hydrogen) atoms. The molecule has 0 radical (unpaired) electrons. The lowest BCUT2D eigenvalue weighted by Crippen LogP contribution is -2.47. The molecule has 3 heterocycles. The fourth-order valence-electron chi connectivity index (χ4n) is 3.50. The van der Waals surface area contributed by atoms with E-state index in [0.29, 0.717) is 13.2 Å². The number of hydrogen-bond acceptors (Lipinski definition) is 6. The van der Waals surface area contributed by atoms with Crippen molar-refractivity contribution in [2.75, 3.05) is 26.3 Å². The van der Waals surface area contributed by atoms with E-state index in [0.717, 1.165) is 37.5 Å². The number of likely N-dealkylation sites (tertiary alicyclic amines) is 1. The number of hydrogen-bond donors (Lipinski definition) is 1. The van der Waals surface area contributed by atoms with Gasteiger partial charge in [0.25, 0.3) is 0 Å². The van der Waals surface area contributed by atoms with Crippen molar-refractivity contribution in [1.82, 2.24) is 19.9 Å². The number of rotatable bonds is 5. The van der Waals surface area contributed by atoms with Gasteiger partial charge in [0.15, 0.2) is 0 Å². The molecular weight excluding hydrogens is 308 g/mol. The van der Waals surface area contributed by atoms with Crippen molar-refractivity contribution in [2.45, 2.75) is 31.7 Å². The predicted octanol–water partition coefficient (Wildman–Crippen LogP) is 0.995. The molecule has 0 saturated carbocycles. The quantitative estimate of drug-likeness (QED) is 0.882. The molecular formula is C17H22N4O3. The van der Waals surface area contributed by atoms with Crippen molar-refractivity contribution >= 4 is 0 Å². The maximum atomic E-state index is 8.79. The van der Waals surface area contributed by atoms with Gasteiger partial charge in [0.2, 0.25) is 0 Å². The zero-order valence-electron chi connectivity index (χ0n) is 13.5. The van der Waals surface area contributed by atoms with Crippen molar-refractivity contribution in [3.05, 3.63) is 41.7 Å². The topological polar surface area (TPSA) is 72.6 Å². The number of piperidine rings is 1.